The zero-order valence-electron chi connectivity index (χ0n) is 8.33. The van der Waals surface area contributed by atoms with E-state index in [0.29, 0.717) is 5.92 Å². The van der Waals surface area contributed by atoms with Gasteiger partial charge in [0.25, 0.3) is 0 Å². The molecular formula is C12H18O. The number of hydrogen-bond acceptors (Lipinski definition) is 1. The first-order chi connectivity index (χ1) is 6.33. The molecule has 0 spiro atoms. The van der Waals surface area contributed by atoms with Gasteiger partial charge in [0.2, 0.25) is 0 Å². The van der Waals surface area contributed by atoms with Crippen LogP contribution >= 0.6 is 0 Å². The summed E-state index contributed by atoms with van der Waals surface area (Å²) in [6, 6.07) is 0. The lowest BCUT2D eigenvalue weighted by Crippen LogP contribution is -2.08. The molecule has 72 valence electrons. The van der Waals surface area contributed by atoms with Gasteiger partial charge in [-0.2, -0.15) is 0 Å². The predicted molar refractivity (Wildman–Crippen MR) is 56.4 cm³/mol. The SMILES string of the molecule is C=C1/C=C\C=C/CCC(CC)CO1. The summed E-state index contributed by atoms with van der Waals surface area (Å²) in [6.07, 6.45) is 11.7. The molecular weight excluding hydrogens is 160 g/mol. The number of rotatable bonds is 1. The molecule has 0 aromatic heterocycles. The van der Waals surface area contributed by atoms with Crippen LogP contribution in [0, 0.1) is 5.92 Å². The van der Waals surface area contributed by atoms with Gasteiger partial charge in [-0.3, -0.25) is 0 Å². The molecule has 0 saturated carbocycles. The summed E-state index contributed by atoms with van der Waals surface area (Å²) in [4.78, 5) is 0. The molecule has 0 radical (unpaired) electrons. The minimum absolute atomic E-state index is 0.674. The van der Waals surface area contributed by atoms with Crippen LogP contribution in [0.1, 0.15) is 26.2 Å². The van der Waals surface area contributed by atoms with Gasteiger partial charge in [-0.1, -0.05) is 38.2 Å². The van der Waals surface area contributed by atoms with Crippen LogP contribution in [0.2, 0.25) is 0 Å². The quantitative estimate of drug-likeness (QED) is 0.597. The van der Waals surface area contributed by atoms with Crippen LogP contribution in [-0.4, -0.2) is 6.61 Å². The van der Waals surface area contributed by atoms with Crippen LogP contribution in [0.3, 0.4) is 0 Å². The Labute approximate surface area is 80.8 Å². The van der Waals surface area contributed by atoms with Gasteiger partial charge in [0.1, 0.15) is 5.76 Å². The molecule has 0 saturated heterocycles. The third-order valence-corrected chi connectivity index (χ3v) is 2.35. The van der Waals surface area contributed by atoms with E-state index in [1.807, 2.05) is 12.2 Å². The van der Waals surface area contributed by atoms with Gasteiger partial charge in [-0.15, -0.1) is 0 Å². The maximum absolute atomic E-state index is 5.51. The highest BCUT2D eigenvalue weighted by molar-refractivity contribution is 5.14. The van der Waals surface area contributed by atoms with E-state index in [4.69, 9.17) is 4.74 Å². The second-order valence-corrected chi connectivity index (χ2v) is 3.42. The number of ether oxygens (including phenoxy) is 1. The van der Waals surface area contributed by atoms with Gasteiger partial charge in [0, 0.05) is 0 Å². The summed E-state index contributed by atoms with van der Waals surface area (Å²) in [5, 5.41) is 0. The molecule has 1 heteroatoms. The number of hydrogen-bond donors (Lipinski definition) is 0. The Bertz CT molecular complexity index is 213. The van der Waals surface area contributed by atoms with Crippen molar-refractivity contribution < 1.29 is 4.74 Å². The second kappa shape index (κ2) is 5.63. The zero-order chi connectivity index (χ0) is 9.52. The van der Waals surface area contributed by atoms with Gasteiger partial charge < -0.3 is 4.74 Å². The molecule has 1 rings (SSSR count). The van der Waals surface area contributed by atoms with Crippen molar-refractivity contribution in [2.45, 2.75) is 26.2 Å². The lowest BCUT2D eigenvalue weighted by atomic mass is 10.0. The highest BCUT2D eigenvalue weighted by Crippen LogP contribution is 2.14. The molecule has 0 aliphatic carbocycles. The summed E-state index contributed by atoms with van der Waals surface area (Å²) in [6.45, 7) is 6.84. The monoisotopic (exact) mass is 178 g/mol. The summed E-state index contributed by atoms with van der Waals surface area (Å²) < 4.78 is 5.51. The van der Waals surface area contributed by atoms with Crippen molar-refractivity contribution in [2.24, 2.45) is 5.92 Å². The number of allylic oxidation sites excluding steroid dienone is 4. The van der Waals surface area contributed by atoms with Crippen molar-refractivity contribution in [1.29, 1.82) is 0 Å². The Morgan fingerprint density at radius 3 is 3.15 bits per heavy atom. The lowest BCUT2D eigenvalue weighted by molar-refractivity contribution is 0.168. The van der Waals surface area contributed by atoms with Crippen LogP contribution < -0.4 is 0 Å². The maximum atomic E-state index is 5.51. The first-order valence-corrected chi connectivity index (χ1v) is 4.98. The van der Waals surface area contributed by atoms with Crippen molar-refractivity contribution >= 4 is 0 Å². The van der Waals surface area contributed by atoms with Gasteiger partial charge in [0.05, 0.1) is 6.61 Å². The average Bonchev–Trinajstić information content (AvgIpc) is 2.16. The highest BCUT2D eigenvalue weighted by atomic mass is 16.5. The van der Waals surface area contributed by atoms with Gasteiger partial charge in [0.15, 0.2) is 0 Å². The summed E-state index contributed by atoms with van der Waals surface area (Å²) in [7, 11) is 0. The van der Waals surface area contributed by atoms with E-state index in [1.54, 1.807) is 0 Å². The van der Waals surface area contributed by atoms with Crippen LogP contribution in [0.5, 0.6) is 0 Å². The molecule has 1 aliphatic heterocycles. The van der Waals surface area contributed by atoms with Crippen molar-refractivity contribution in [3.8, 4) is 0 Å². The first-order valence-electron chi connectivity index (χ1n) is 4.98. The first kappa shape index (κ1) is 10.1. The Hall–Kier alpha value is -0.980. The van der Waals surface area contributed by atoms with Crippen molar-refractivity contribution in [3.63, 3.8) is 0 Å². The highest BCUT2D eigenvalue weighted by Gasteiger charge is 2.06. The van der Waals surface area contributed by atoms with Gasteiger partial charge in [-0.05, 0) is 24.8 Å². The Morgan fingerprint density at radius 2 is 2.38 bits per heavy atom. The van der Waals surface area contributed by atoms with E-state index in [1.165, 1.54) is 12.8 Å². The molecule has 0 bridgehead atoms. The Kier molecular flexibility index (Phi) is 4.37. The van der Waals surface area contributed by atoms with Crippen molar-refractivity contribution in [1.82, 2.24) is 0 Å². The smallest absolute Gasteiger partial charge is 0.112 e. The summed E-state index contributed by atoms with van der Waals surface area (Å²) >= 11 is 0. The zero-order valence-corrected chi connectivity index (χ0v) is 8.33. The van der Waals surface area contributed by atoms with E-state index >= 15 is 0 Å². The maximum Gasteiger partial charge on any atom is 0.112 e. The molecule has 1 heterocycles. The normalized spacial score (nSPS) is 29.0. The fourth-order valence-corrected chi connectivity index (χ4v) is 1.35. The molecule has 13 heavy (non-hydrogen) atoms. The third kappa shape index (κ3) is 3.97. The van der Waals surface area contributed by atoms with E-state index in [-0.39, 0.29) is 0 Å². The molecule has 0 amide bonds. The molecule has 0 aromatic carbocycles. The molecule has 0 N–H and O–H groups in total. The van der Waals surface area contributed by atoms with E-state index in [2.05, 4.69) is 25.7 Å². The molecule has 1 aliphatic rings. The van der Waals surface area contributed by atoms with E-state index in [0.717, 1.165) is 18.8 Å². The van der Waals surface area contributed by atoms with E-state index in [9.17, 15) is 0 Å². The van der Waals surface area contributed by atoms with Crippen molar-refractivity contribution in [2.75, 3.05) is 6.61 Å². The van der Waals surface area contributed by atoms with Crippen LogP contribution in [-0.2, 0) is 4.74 Å². The van der Waals surface area contributed by atoms with Crippen LogP contribution in [0.4, 0.5) is 0 Å². The van der Waals surface area contributed by atoms with Gasteiger partial charge in [-0.25, -0.2) is 0 Å². The fraction of sp³-hybridized carbons (Fsp3) is 0.500. The third-order valence-electron chi connectivity index (χ3n) is 2.35. The standard InChI is InChI=1S/C12H18O/c1-3-12-9-7-5-4-6-8-11(2)13-10-12/h4-6,8,12H,2-3,7,9-10H2,1H3/b5-4-,8-6-. The topological polar surface area (TPSA) is 9.23 Å². The van der Waals surface area contributed by atoms with Gasteiger partial charge >= 0.3 is 0 Å². The molecule has 1 unspecified atom stereocenters. The largest absolute Gasteiger partial charge is 0.494 e. The molecule has 0 aromatic rings. The summed E-state index contributed by atoms with van der Waals surface area (Å²) in [5.74, 6) is 1.44. The molecule has 0 fully saturated rings. The van der Waals surface area contributed by atoms with Crippen LogP contribution in [0.15, 0.2) is 36.6 Å². The van der Waals surface area contributed by atoms with Crippen molar-refractivity contribution in [3.05, 3.63) is 36.6 Å². The predicted octanol–water partition coefficient (Wildman–Crippen LogP) is 3.45. The Morgan fingerprint density at radius 1 is 1.54 bits per heavy atom. The Balaban J connectivity index is 2.51. The lowest BCUT2D eigenvalue weighted by Gasteiger charge is -2.15. The minimum Gasteiger partial charge on any atom is -0.494 e. The summed E-state index contributed by atoms with van der Waals surface area (Å²) in [5.41, 5.74) is 0. The fourth-order valence-electron chi connectivity index (χ4n) is 1.35. The van der Waals surface area contributed by atoms with Crippen LogP contribution in [0.25, 0.3) is 0 Å². The second-order valence-electron chi connectivity index (χ2n) is 3.42. The average molecular weight is 178 g/mol. The molecule has 1 nitrogen and oxygen atoms in total. The van der Waals surface area contributed by atoms with E-state index < -0.39 is 0 Å². The minimum atomic E-state index is 0.674. The molecule has 1 atom stereocenters.